The highest BCUT2D eigenvalue weighted by Crippen LogP contribution is 2.30. The molecule has 2 nitrogen and oxygen atoms in total. The summed E-state index contributed by atoms with van der Waals surface area (Å²) in [5.41, 5.74) is 1.52. The SMILES string of the molecule is CC(C)(C)c1nc(C(O)Cc2cc(Cl)ccc2Cl)cs1. The minimum Gasteiger partial charge on any atom is -0.386 e. The average molecular weight is 330 g/mol. The number of hydrogen-bond acceptors (Lipinski definition) is 3. The van der Waals surface area contributed by atoms with E-state index in [2.05, 4.69) is 25.8 Å². The molecule has 0 spiro atoms. The molecule has 108 valence electrons. The Morgan fingerprint density at radius 3 is 2.60 bits per heavy atom. The third-order valence-electron chi connectivity index (χ3n) is 2.93. The molecule has 2 rings (SSSR count). The van der Waals surface area contributed by atoms with E-state index in [1.807, 2.05) is 5.38 Å². The second kappa shape index (κ2) is 6.02. The lowest BCUT2D eigenvalue weighted by molar-refractivity contribution is 0.174. The summed E-state index contributed by atoms with van der Waals surface area (Å²) in [7, 11) is 0. The number of thiazole rings is 1. The molecule has 1 aromatic carbocycles. The largest absolute Gasteiger partial charge is 0.386 e. The first kappa shape index (κ1) is 15.8. The molecule has 2 aromatic rings. The molecule has 1 heterocycles. The van der Waals surface area contributed by atoms with Gasteiger partial charge in [0.05, 0.1) is 10.7 Å². The van der Waals surface area contributed by atoms with E-state index in [0.29, 0.717) is 22.2 Å². The zero-order valence-corrected chi connectivity index (χ0v) is 14.0. The standard InChI is InChI=1S/C15H17Cl2NOS/c1-15(2,3)14-18-12(8-20-14)13(19)7-9-6-10(16)4-5-11(9)17/h4-6,8,13,19H,7H2,1-3H3. The summed E-state index contributed by atoms with van der Waals surface area (Å²) < 4.78 is 0. The molecule has 0 saturated carbocycles. The maximum atomic E-state index is 10.3. The van der Waals surface area contributed by atoms with Gasteiger partial charge in [0.25, 0.3) is 0 Å². The van der Waals surface area contributed by atoms with Gasteiger partial charge >= 0.3 is 0 Å². The van der Waals surface area contributed by atoms with Gasteiger partial charge in [-0.15, -0.1) is 11.3 Å². The highest BCUT2D eigenvalue weighted by molar-refractivity contribution is 7.09. The van der Waals surface area contributed by atoms with Crippen molar-refractivity contribution < 1.29 is 5.11 Å². The van der Waals surface area contributed by atoms with Crippen LogP contribution in [0, 0.1) is 0 Å². The van der Waals surface area contributed by atoms with Crippen molar-refractivity contribution in [3.05, 3.63) is 49.9 Å². The number of halogens is 2. The van der Waals surface area contributed by atoms with E-state index < -0.39 is 6.10 Å². The molecule has 0 aliphatic heterocycles. The van der Waals surface area contributed by atoms with Crippen LogP contribution in [0.2, 0.25) is 10.0 Å². The van der Waals surface area contributed by atoms with Crippen LogP contribution < -0.4 is 0 Å². The number of benzene rings is 1. The summed E-state index contributed by atoms with van der Waals surface area (Å²) in [5.74, 6) is 0. The third-order valence-corrected chi connectivity index (χ3v) is 4.82. The van der Waals surface area contributed by atoms with E-state index in [1.165, 1.54) is 0 Å². The first-order valence-electron chi connectivity index (χ1n) is 6.35. The maximum Gasteiger partial charge on any atom is 0.101 e. The van der Waals surface area contributed by atoms with E-state index in [1.54, 1.807) is 29.5 Å². The van der Waals surface area contributed by atoms with Crippen LogP contribution in [0.5, 0.6) is 0 Å². The first-order chi connectivity index (χ1) is 9.27. The number of rotatable bonds is 3. The van der Waals surface area contributed by atoms with Gasteiger partial charge in [0, 0.05) is 27.3 Å². The summed E-state index contributed by atoms with van der Waals surface area (Å²) in [5, 5.41) is 14.5. The van der Waals surface area contributed by atoms with Crippen LogP contribution in [-0.4, -0.2) is 10.1 Å². The molecule has 0 radical (unpaired) electrons. The molecule has 1 atom stereocenters. The fraction of sp³-hybridized carbons (Fsp3) is 0.400. The van der Waals surface area contributed by atoms with Gasteiger partial charge in [0.1, 0.15) is 6.10 Å². The Morgan fingerprint density at radius 2 is 2.00 bits per heavy atom. The van der Waals surface area contributed by atoms with Crippen molar-refractivity contribution in [2.45, 2.75) is 38.7 Å². The van der Waals surface area contributed by atoms with Crippen molar-refractivity contribution in [3.63, 3.8) is 0 Å². The highest BCUT2D eigenvalue weighted by atomic mass is 35.5. The minimum atomic E-state index is -0.668. The number of aliphatic hydroxyl groups excluding tert-OH is 1. The maximum absolute atomic E-state index is 10.3. The van der Waals surface area contributed by atoms with Crippen molar-refractivity contribution in [1.29, 1.82) is 0 Å². The van der Waals surface area contributed by atoms with Crippen molar-refractivity contribution in [1.82, 2.24) is 4.98 Å². The molecular formula is C15H17Cl2NOS. The second-order valence-electron chi connectivity index (χ2n) is 5.78. The Labute approximate surface area is 133 Å². The molecule has 1 aromatic heterocycles. The zero-order chi connectivity index (χ0) is 14.9. The van der Waals surface area contributed by atoms with Crippen LogP contribution in [0.3, 0.4) is 0 Å². The quantitative estimate of drug-likeness (QED) is 0.857. The van der Waals surface area contributed by atoms with Crippen LogP contribution in [-0.2, 0) is 11.8 Å². The molecule has 0 aliphatic carbocycles. The zero-order valence-electron chi connectivity index (χ0n) is 11.7. The van der Waals surface area contributed by atoms with Crippen LogP contribution in [0.4, 0.5) is 0 Å². The Kier molecular flexibility index (Phi) is 4.75. The van der Waals surface area contributed by atoms with E-state index >= 15 is 0 Å². The molecular weight excluding hydrogens is 313 g/mol. The summed E-state index contributed by atoms with van der Waals surface area (Å²) in [6.45, 7) is 6.32. The second-order valence-corrected chi connectivity index (χ2v) is 7.48. The lowest BCUT2D eigenvalue weighted by atomic mass is 9.98. The fourth-order valence-electron chi connectivity index (χ4n) is 1.80. The molecule has 1 unspecified atom stereocenters. The molecule has 20 heavy (non-hydrogen) atoms. The number of hydrogen-bond donors (Lipinski definition) is 1. The predicted molar refractivity (Wildman–Crippen MR) is 85.9 cm³/mol. The topological polar surface area (TPSA) is 33.1 Å². The lowest BCUT2D eigenvalue weighted by Gasteiger charge is -2.14. The molecule has 5 heteroatoms. The van der Waals surface area contributed by atoms with E-state index in [9.17, 15) is 5.11 Å². The molecule has 0 aliphatic rings. The Hall–Kier alpha value is -0.610. The minimum absolute atomic E-state index is 0.00363. The Bertz CT molecular complexity index is 604. The van der Waals surface area contributed by atoms with Crippen molar-refractivity contribution in [2.24, 2.45) is 0 Å². The molecule has 0 saturated heterocycles. The van der Waals surface area contributed by atoms with Gasteiger partial charge in [-0.2, -0.15) is 0 Å². The molecule has 1 N–H and O–H groups in total. The van der Waals surface area contributed by atoms with Gasteiger partial charge in [-0.05, 0) is 23.8 Å². The Balaban J connectivity index is 2.18. The van der Waals surface area contributed by atoms with Crippen LogP contribution >= 0.6 is 34.5 Å². The van der Waals surface area contributed by atoms with Gasteiger partial charge in [0.15, 0.2) is 0 Å². The predicted octanol–water partition coefficient (Wildman–Crippen LogP) is 5.02. The highest BCUT2D eigenvalue weighted by Gasteiger charge is 2.21. The molecule has 0 bridgehead atoms. The summed E-state index contributed by atoms with van der Waals surface area (Å²) in [6, 6.07) is 5.26. The van der Waals surface area contributed by atoms with E-state index in [4.69, 9.17) is 23.2 Å². The number of aliphatic hydroxyl groups is 1. The normalized spacial score (nSPS) is 13.5. The van der Waals surface area contributed by atoms with Gasteiger partial charge in [0.2, 0.25) is 0 Å². The van der Waals surface area contributed by atoms with Gasteiger partial charge < -0.3 is 5.11 Å². The molecule has 0 amide bonds. The number of nitrogens with zero attached hydrogens (tertiary/aromatic N) is 1. The van der Waals surface area contributed by atoms with Gasteiger partial charge in [-0.25, -0.2) is 4.98 Å². The summed E-state index contributed by atoms with van der Waals surface area (Å²) in [6.07, 6.45) is -0.259. The van der Waals surface area contributed by atoms with Crippen LogP contribution in [0.25, 0.3) is 0 Å². The number of aromatic nitrogens is 1. The van der Waals surface area contributed by atoms with Crippen molar-refractivity contribution in [2.75, 3.05) is 0 Å². The summed E-state index contributed by atoms with van der Waals surface area (Å²) >= 11 is 13.6. The van der Waals surface area contributed by atoms with Crippen molar-refractivity contribution >= 4 is 34.5 Å². The monoisotopic (exact) mass is 329 g/mol. The lowest BCUT2D eigenvalue weighted by Crippen LogP contribution is -2.11. The van der Waals surface area contributed by atoms with Crippen LogP contribution in [0.15, 0.2) is 23.6 Å². The average Bonchev–Trinajstić information content (AvgIpc) is 2.83. The van der Waals surface area contributed by atoms with Crippen molar-refractivity contribution in [3.8, 4) is 0 Å². The van der Waals surface area contributed by atoms with E-state index in [0.717, 1.165) is 10.6 Å². The fourth-order valence-corrected chi connectivity index (χ4v) is 3.14. The van der Waals surface area contributed by atoms with E-state index in [-0.39, 0.29) is 5.41 Å². The Morgan fingerprint density at radius 1 is 1.30 bits per heavy atom. The summed E-state index contributed by atoms with van der Waals surface area (Å²) in [4.78, 5) is 4.52. The van der Waals surface area contributed by atoms with Gasteiger partial charge in [-0.3, -0.25) is 0 Å². The molecule has 0 fully saturated rings. The first-order valence-corrected chi connectivity index (χ1v) is 7.99. The van der Waals surface area contributed by atoms with Crippen LogP contribution in [0.1, 0.15) is 43.1 Å². The third kappa shape index (κ3) is 3.73. The smallest absolute Gasteiger partial charge is 0.101 e. The van der Waals surface area contributed by atoms with Gasteiger partial charge in [-0.1, -0.05) is 44.0 Å².